The van der Waals surface area contributed by atoms with E-state index in [0.717, 1.165) is 37.2 Å². The third-order valence-corrected chi connectivity index (χ3v) is 4.03. The molecule has 0 saturated heterocycles. The second-order valence-electron chi connectivity index (χ2n) is 5.25. The molecular formula is C16H20N4. The van der Waals surface area contributed by atoms with E-state index in [-0.39, 0.29) is 0 Å². The Hall–Kier alpha value is -1.94. The van der Waals surface area contributed by atoms with Crippen LogP contribution in [-0.4, -0.2) is 21.4 Å². The molecule has 1 aliphatic rings. The van der Waals surface area contributed by atoms with Crippen molar-refractivity contribution < 1.29 is 0 Å². The molecule has 3 rings (SSSR count). The molecular weight excluding hydrogens is 248 g/mol. The van der Waals surface area contributed by atoms with Crippen LogP contribution < -0.4 is 5.73 Å². The molecule has 2 aromatic rings. The number of hydrogen-bond acceptors (Lipinski definition) is 4. The summed E-state index contributed by atoms with van der Waals surface area (Å²) < 4.78 is 0. The molecule has 20 heavy (non-hydrogen) atoms. The van der Waals surface area contributed by atoms with Crippen LogP contribution in [0.5, 0.6) is 0 Å². The zero-order chi connectivity index (χ0) is 13.9. The Bertz CT molecular complexity index is 582. The molecule has 4 heteroatoms. The zero-order valence-electron chi connectivity index (χ0n) is 11.8. The molecule has 2 N–H and O–H groups in total. The normalized spacial score (nSPS) is 18.8. The lowest BCUT2D eigenvalue weighted by atomic mass is 9.95. The Morgan fingerprint density at radius 1 is 1.25 bits per heavy atom. The first-order valence-electron chi connectivity index (χ1n) is 7.16. The summed E-state index contributed by atoms with van der Waals surface area (Å²) in [7, 11) is 0. The molecule has 0 fully saturated rings. The van der Waals surface area contributed by atoms with Crippen molar-refractivity contribution >= 4 is 5.82 Å². The molecule has 1 aromatic heterocycles. The molecule has 0 spiro atoms. The summed E-state index contributed by atoms with van der Waals surface area (Å²) in [4.78, 5) is 11.1. The van der Waals surface area contributed by atoms with Gasteiger partial charge in [0, 0.05) is 18.7 Å². The summed E-state index contributed by atoms with van der Waals surface area (Å²) in [6.07, 6.45) is 3.56. The van der Waals surface area contributed by atoms with Gasteiger partial charge in [0.05, 0.1) is 11.7 Å². The van der Waals surface area contributed by atoms with Crippen LogP contribution in [0, 0.1) is 0 Å². The topological polar surface area (TPSA) is 55.0 Å². The fourth-order valence-electron chi connectivity index (χ4n) is 3.03. The van der Waals surface area contributed by atoms with Crippen LogP contribution in [0.2, 0.25) is 0 Å². The lowest BCUT2D eigenvalue weighted by molar-refractivity contribution is 0.167. The van der Waals surface area contributed by atoms with E-state index in [1.807, 2.05) is 0 Å². The highest BCUT2D eigenvalue weighted by Gasteiger charge is 2.28. The fraction of sp³-hybridized carbons (Fsp3) is 0.375. The Morgan fingerprint density at radius 3 is 2.80 bits per heavy atom. The molecule has 104 valence electrons. The minimum atomic E-state index is 0.337. The average Bonchev–Trinajstić information content (AvgIpc) is 2.48. The lowest BCUT2D eigenvalue weighted by Crippen LogP contribution is -2.36. The van der Waals surface area contributed by atoms with Gasteiger partial charge in [-0.25, -0.2) is 9.97 Å². The van der Waals surface area contributed by atoms with Crippen molar-refractivity contribution in [3.63, 3.8) is 0 Å². The molecule has 2 heterocycles. The Labute approximate surface area is 119 Å². The van der Waals surface area contributed by atoms with E-state index in [2.05, 4.69) is 52.1 Å². The van der Waals surface area contributed by atoms with Gasteiger partial charge in [-0.15, -0.1) is 0 Å². The summed E-state index contributed by atoms with van der Waals surface area (Å²) in [6, 6.07) is 10.9. The van der Waals surface area contributed by atoms with Crippen LogP contribution in [0.15, 0.2) is 36.7 Å². The van der Waals surface area contributed by atoms with Gasteiger partial charge in [-0.3, -0.25) is 4.90 Å². The number of hydrogen-bond donors (Lipinski definition) is 1. The van der Waals surface area contributed by atoms with Crippen molar-refractivity contribution in [2.24, 2.45) is 0 Å². The Balaban J connectivity index is 1.88. The van der Waals surface area contributed by atoms with E-state index in [9.17, 15) is 0 Å². The predicted molar refractivity (Wildman–Crippen MR) is 80.0 cm³/mol. The maximum atomic E-state index is 5.99. The molecule has 1 aliphatic heterocycles. The molecule has 1 unspecified atom stereocenters. The third-order valence-electron chi connectivity index (χ3n) is 4.03. The maximum Gasteiger partial charge on any atom is 0.130 e. The number of fused-ring (bicyclic) bond motifs is 1. The number of anilines is 1. The van der Waals surface area contributed by atoms with E-state index in [0.29, 0.717) is 11.9 Å². The Kier molecular flexibility index (Phi) is 3.65. The first-order chi connectivity index (χ1) is 9.79. The molecule has 0 aliphatic carbocycles. The lowest BCUT2D eigenvalue weighted by Gasteiger charge is -2.36. The number of nitrogen functional groups attached to an aromatic ring is 1. The van der Waals surface area contributed by atoms with E-state index in [4.69, 9.17) is 5.73 Å². The first kappa shape index (κ1) is 13.1. The van der Waals surface area contributed by atoms with Gasteiger partial charge in [-0.2, -0.15) is 0 Å². The van der Waals surface area contributed by atoms with Gasteiger partial charge in [-0.1, -0.05) is 37.3 Å². The van der Waals surface area contributed by atoms with Crippen molar-refractivity contribution in [2.45, 2.75) is 32.4 Å². The minimum absolute atomic E-state index is 0.337. The van der Waals surface area contributed by atoms with E-state index >= 15 is 0 Å². The first-order valence-corrected chi connectivity index (χ1v) is 7.16. The van der Waals surface area contributed by atoms with Gasteiger partial charge in [0.25, 0.3) is 0 Å². The smallest absolute Gasteiger partial charge is 0.130 e. The van der Waals surface area contributed by atoms with Gasteiger partial charge < -0.3 is 5.73 Å². The second kappa shape index (κ2) is 5.59. The highest BCUT2D eigenvalue weighted by Crippen LogP contribution is 2.33. The molecule has 4 nitrogen and oxygen atoms in total. The van der Waals surface area contributed by atoms with E-state index in [1.165, 1.54) is 5.56 Å². The van der Waals surface area contributed by atoms with Crippen LogP contribution in [0.3, 0.4) is 0 Å². The van der Waals surface area contributed by atoms with Crippen molar-refractivity contribution in [1.82, 2.24) is 14.9 Å². The number of rotatable bonds is 3. The largest absolute Gasteiger partial charge is 0.383 e. The van der Waals surface area contributed by atoms with Crippen molar-refractivity contribution in [2.75, 3.05) is 12.3 Å². The summed E-state index contributed by atoms with van der Waals surface area (Å²) in [5.41, 5.74) is 9.59. The summed E-state index contributed by atoms with van der Waals surface area (Å²) >= 11 is 0. The average molecular weight is 268 g/mol. The van der Waals surface area contributed by atoms with E-state index in [1.54, 1.807) is 6.33 Å². The van der Waals surface area contributed by atoms with Crippen LogP contribution >= 0.6 is 0 Å². The molecule has 0 amide bonds. The standard InChI is InChI=1S/C16H20N4/c1-2-14-15-13(16(17)19-11-18-15)8-9-20(14)10-12-6-4-3-5-7-12/h3-7,11,14H,2,8-10H2,1H3,(H2,17,18,19). The van der Waals surface area contributed by atoms with Crippen molar-refractivity contribution in [1.29, 1.82) is 0 Å². The van der Waals surface area contributed by atoms with Crippen LogP contribution in [0.25, 0.3) is 0 Å². The quantitative estimate of drug-likeness (QED) is 0.929. The number of benzene rings is 1. The summed E-state index contributed by atoms with van der Waals surface area (Å²) in [6.45, 7) is 4.18. The Morgan fingerprint density at radius 2 is 2.05 bits per heavy atom. The van der Waals surface area contributed by atoms with Gasteiger partial charge >= 0.3 is 0 Å². The van der Waals surface area contributed by atoms with Crippen LogP contribution in [0.4, 0.5) is 5.82 Å². The van der Waals surface area contributed by atoms with Gasteiger partial charge in [0.15, 0.2) is 0 Å². The van der Waals surface area contributed by atoms with Crippen molar-refractivity contribution in [3.05, 3.63) is 53.5 Å². The third kappa shape index (κ3) is 2.39. The monoisotopic (exact) mass is 268 g/mol. The highest BCUT2D eigenvalue weighted by atomic mass is 15.2. The molecule has 1 atom stereocenters. The van der Waals surface area contributed by atoms with Gasteiger partial charge in [0.2, 0.25) is 0 Å². The molecule has 0 bridgehead atoms. The maximum absolute atomic E-state index is 5.99. The van der Waals surface area contributed by atoms with Gasteiger partial charge in [-0.05, 0) is 18.4 Å². The fourth-order valence-corrected chi connectivity index (χ4v) is 3.03. The van der Waals surface area contributed by atoms with Crippen LogP contribution in [0.1, 0.15) is 36.2 Å². The molecule has 0 saturated carbocycles. The zero-order valence-corrected chi connectivity index (χ0v) is 11.8. The minimum Gasteiger partial charge on any atom is -0.383 e. The number of nitrogens with zero attached hydrogens (tertiary/aromatic N) is 3. The number of aromatic nitrogens is 2. The van der Waals surface area contributed by atoms with Crippen LogP contribution in [-0.2, 0) is 13.0 Å². The van der Waals surface area contributed by atoms with Gasteiger partial charge in [0.1, 0.15) is 12.1 Å². The predicted octanol–water partition coefficient (Wildman–Crippen LogP) is 2.57. The highest BCUT2D eigenvalue weighted by molar-refractivity contribution is 5.44. The van der Waals surface area contributed by atoms with Crippen molar-refractivity contribution in [3.8, 4) is 0 Å². The summed E-state index contributed by atoms with van der Waals surface area (Å²) in [5.74, 6) is 0.646. The second-order valence-corrected chi connectivity index (χ2v) is 5.25. The van der Waals surface area contributed by atoms with E-state index < -0.39 is 0 Å². The molecule has 0 radical (unpaired) electrons. The SMILES string of the molecule is CCC1c2ncnc(N)c2CCN1Cc1ccccc1. The number of nitrogens with two attached hydrogens (primary N) is 1. The summed E-state index contributed by atoms with van der Waals surface area (Å²) in [5, 5.41) is 0. The molecule has 1 aromatic carbocycles.